The number of aromatic nitrogens is 1. The first kappa shape index (κ1) is 18.3. The molecule has 0 fully saturated rings. The zero-order valence-corrected chi connectivity index (χ0v) is 16.0. The molecule has 0 atom stereocenters. The molecular weight excluding hydrogens is 370 g/mol. The zero-order chi connectivity index (χ0) is 18.5. The van der Waals surface area contributed by atoms with Gasteiger partial charge in [0.15, 0.2) is 12.4 Å². The summed E-state index contributed by atoms with van der Waals surface area (Å²) in [5, 5.41) is 4.70. The number of nitrogens with zero attached hydrogens (tertiary/aromatic N) is 1. The molecule has 0 radical (unpaired) electrons. The molecule has 0 bridgehead atoms. The molecule has 26 heavy (non-hydrogen) atoms. The van der Waals surface area contributed by atoms with E-state index in [2.05, 4.69) is 4.98 Å². The molecule has 2 heterocycles. The predicted molar refractivity (Wildman–Crippen MR) is 102 cm³/mol. The van der Waals surface area contributed by atoms with Crippen LogP contribution >= 0.6 is 22.7 Å². The lowest BCUT2D eigenvalue weighted by molar-refractivity contribution is 0.0478. The Bertz CT molecular complexity index is 898. The topological polar surface area (TPSA) is 65.5 Å². The Hall–Kier alpha value is -2.51. The number of ketones is 1. The van der Waals surface area contributed by atoms with Crippen LogP contribution in [0.15, 0.2) is 41.1 Å². The summed E-state index contributed by atoms with van der Waals surface area (Å²) >= 11 is 2.84. The van der Waals surface area contributed by atoms with Crippen LogP contribution < -0.4 is 4.74 Å². The fourth-order valence-corrected chi connectivity index (χ4v) is 3.95. The molecule has 5 nitrogen and oxygen atoms in total. The Kier molecular flexibility index (Phi) is 5.80. The number of carbonyl (C=O) groups excluding carboxylic acids is 2. The standard InChI is InChI=1S/C19H17NO4S2/c1-3-23-15-6-4-13(5-7-15)16(21)10-24-19(22)17-12(2)20-18(26-17)14-8-9-25-11-14/h4-9,11H,3,10H2,1-2H3. The van der Waals surface area contributed by atoms with Gasteiger partial charge in [0.25, 0.3) is 0 Å². The van der Waals surface area contributed by atoms with Crippen molar-refractivity contribution in [2.45, 2.75) is 13.8 Å². The van der Waals surface area contributed by atoms with E-state index in [1.165, 1.54) is 11.3 Å². The second kappa shape index (κ2) is 8.25. The number of esters is 1. The summed E-state index contributed by atoms with van der Waals surface area (Å²) in [6, 6.07) is 8.72. The smallest absolute Gasteiger partial charge is 0.350 e. The second-order valence-corrected chi connectivity index (χ2v) is 7.18. The number of carbonyl (C=O) groups is 2. The summed E-state index contributed by atoms with van der Waals surface area (Å²) in [5.74, 6) is -0.0929. The van der Waals surface area contributed by atoms with Crippen molar-refractivity contribution < 1.29 is 19.1 Å². The van der Waals surface area contributed by atoms with Crippen molar-refractivity contribution in [1.82, 2.24) is 4.98 Å². The van der Waals surface area contributed by atoms with Crippen molar-refractivity contribution in [3.63, 3.8) is 0 Å². The second-order valence-electron chi connectivity index (χ2n) is 5.40. The first-order valence-corrected chi connectivity index (χ1v) is 9.77. The monoisotopic (exact) mass is 387 g/mol. The number of hydrogen-bond acceptors (Lipinski definition) is 7. The van der Waals surface area contributed by atoms with Crippen molar-refractivity contribution in [3.8, 4) is 16.3 Å². The normalized spacial score (nSPS) is 10.5. The molecule has 1 aromatic carbocycles. The maximum atomic E-state index is 12.3. The van der Waals surface area contributed by atoms with E-state index in [0.29, 0.717) is 28.5 Å². The predicted octanol–water partition coefficient (Wildman–Crippen LogP) is 4.62. The maximum Gasteiger partial charge on any atom is 0.350 e. The summed E-state index contributed by atoms with van der Waals surface area (Å²) in [6.07, 6.45) is 0. The van der Waals surface area contributed by atoms with Gasteiger partial charge >= 0.3 is 5.97 Å². The molecule has 0 saturated heterocycles. The third-order valence-corrected chi connectivity index (χ3v) is 5.44. The summed E-state index contributed by atoms with van der Waals surface area (Å²) in [4.78, 5) is 29.3. The van der Waals surface area contributed by atoms with E-state index in [9.17, 15) is 9.59 Å². The molecule has 0 N–H and O–H groups in total. The highest BCUT2D eigenvalue weighted by Gasteiger charge is 2.19. The molecule has 3 rings (SSSR count). The van der Waals surface area contributed by atoms with Gasteiger partial charge in [0.1, 0.15) is 15.6 Å². The lowest BCUT2D eigenvalue weighted by Gasteiger charge is -2.05. The highest BCUT2D eigenvalue weighted by Crippen LogP contribution is 2.29. The molecule has 0 unspecified atom stereocenters. The Balaban J connectivity index is 1.62. The van der Waals surface area contributed by atoms with Gasteiger partial charge in [0, 0.05) is 16.5 Å². The summed E-state index contributed by atoms with van der Waals surface area (Å²) in [5.41, 5.74) is 2.06. The van der Waals surface area contributed by atoms with Crippen LogP contribution in [0.2, 0.25) is 0 Å². The van der Waals surface area contributed by atoms with Crippen molar-refractivity contribution in [3.05, 3.63) is 57.2 Å². The molecule has 3 aromatic rings. The molecule has 0 aliphatic rings. The van der Waals surface area contributed by atoms with Gasteiger partial charge in [-0.25, -0.2) is 9.78 Å². The largest absolute Gasteiger partial charge is 0.494 e. The van der Waals surface area contributed by atoms with Crippen molar-refractivity contribution >= 4 is 34.4 Å². The molecule has 0 amide bonds. The zero-order valence-electron chi connectivity index (χ0n) is 14.4. The fourth-order valence-electron chi connectivity index (χ4n) is 2.28. The van der Waals surface area contributed by atoms with E-state index in [-0.39, 0.29) is 12.4 Å². The minimum Gasteiger partial charge on any atom is -0.494 e. The summed E-state index contributed by atoms with van der Waals surface area (Å²) < 4.78 is 10.5. The molecular formula is C19H17NO4S2. The van der Waals surface area contributed by atoms with E-state index >= 15 is 0 Å². The average Bonchev–Trinajstić information content (AvgIpc) is 3.30. The lowest BCUT2D eigenvalue weighted by atomic mass is 10.1. The number of ether oxygens (including phenoxy) is 2. The Morgan fingerprint density at radius 3 is 2.58 bits per heavy atom. The van der Waals surface area contributed by atoms with Gasteiger partial charge < -0.3 is 9.47 Å². The Morgan fingerprint density at radius 2 is 1.92 bits per heavy atom. The number of Topliss-reactive ketones (excluding diaryl/α,β-unsaturated/α-hetero) is 1. The molecule has 0 aliphatic carbocycles. The van der Waals surface area contributed by atoms with Crippen LogP contribution in [0.1, 0.15) is 32.6 Å². The number of aryl methyl sites for hydroxylation is 1. The minimum atomic E-state index is -0.527. The highest BCUT2D eigenvalue weighted by molar-refractivity contribution is 7.17. The van der Waals surface area contributed by atoms with Gasteiger partial charge in [-0.1, -0.05) is 0 Å². The number of thiazole rings is 1. The third kappa shape index (κ3) is 4.17. The minimum absolute atomic E-state index is 0.262. The molecule has 0 aliphatic heterocycles. The first-order valence-electron chi connectivity index (χ1n) is 8.01. The maximum absolute atomic E-state index is 12.3. The van der Waals surface area contributed by atoms with Crippen molar-refractivity contribution in [1.29, 1.82) is 0 Å². The number of thiophene rings is 1. The molecule has 7 heteroatoms. The van der Waals surface area contributed by atoms with Gasteiger partial charge in [0.2, 0.25) is 0 Å². The summed E-state index contributed by atoms with van der Waals surface area (Å²) in [6.45, 7) is 3.91. The molecule has 134 valence electrons. The average molecular weight is 387 g/mol. The Morgan fingerprint density at radius 1 is 1.15 bits per heavy atom. The molecule has 2 aromatic heterocycles. The molecule has 0 saturated carbocycles. The van der Waals surface area contributed by atoms with E-state index in [1.807, 2.05) is 23.8 Å². The third-order valence-electron chi connectivity index (χ3n) is 3.57. The van der Waals surface area contributed by atoms with E-state index in [0.717, 1.165) is 10.6 Å². The quantitative estimate of drug-likeness (QED) is 0.437. The highest BCUT2D eigenvalue weighted by atomic mass is 32.1. The van der Waals surface area contributed by atoms with Crippen LogP contribution in [-0.4, -0.2) is 30.0 Å². The van der Waals surface area contributed by atoms with E-state index < -0.39 is 5.97 Å². The first-order chi connectivity index (χ1) is 12.6. The fraction of sp³-hybridized carbons (Fsp3) is 0.211. The van der Waals surface area contributed by atoms with Gasteiger partial charge in [-0.2, -0.15) is 11.3 Å². The van der Waals surface area contributed by atoms with Gasteiger partial charge in [-0.05, 0) is 49.6 Å². The van der Waals surface area contributed by atoms with Gasteiger partial charge in [-0.3, -0.25) is 4.79 Å². The van der Waals surface area contributed by atoms with Gasteiger partial charge in [0.05, 0.1) is 12.3 Å². The van der Waals surface area contributed by atoms with E-state index in [4.69, 9.17) is 9.47 Å². The van der Waals surface area contributed by atoms with E-state index in [1.54, 1.807) is 42.5 Å². The number of hydrogen-bond donors (Lipinski definition) is 0. The number of rotatable bonds is 7. The van der Waals surface area contributed by atoms with Crippen molar-refractivity contribution in [2.75, 3.05) is 13.2 Å². The van der Waals surface area contributed by atoms with Crippen LogP contribution in [0.25, 0.3) is 10.6 Å². The number of benzene rings is 1. The van der Waals surface area contributed by atoms with Crippen LogP contribution in [0.3, 0.4) is 0 Å². The van der Waals surface area contributed by atoms with Gasteiger partial charge in [-0.15, -0.1) is 11.3 Å². The molecule has 0 spiro atoms. The van der Waals surface area contributed by atoms with Crippen LogP contribution in [0.5, 0.6) is 5.75 Å². The van der Waals surface area contributed by atoms with Crippen LogP contribution in [0, 0.1) is 6.92 Å². The SMILES string of the molecule is CCOc1ccc(C(=O)COC(=O)c2sc(-c3ccsc3)nc2C)cc1. The van der Waals surface area contributed by atoms with Crippen molar-refractivity contribution in [2.24, 2.45) is 0 Å². The van der Waals surface area contributed by atoms with Crippen LogP contribution in [0.4, 0.5) is 0 Å². The lowest BCUT2D eigenvalue weighted by Crippen LogP contribution is -2.14. The summed E-state index contributed by atoms with van der Waals surface area (Å²) in [7, 11) is 0. The Labute approximate surface area is 159 Å². The van der Waals surface area contributed by atoms with Crippen LogP contribution in [-0.2, 0) is 4.74 Å².